The Balaban J connectivity index is 1.89. The van der Waals surface area contributed by atoms with E-state index in [9.17, 15) is 10.1 Å². The SMILES string of the molecule is CC(C)(O)C(C)(C)OB(O)c1ccn(C(c2ccccc2)(c2ccccc2)c2ccccc2)n1. The number of hydrogen-bond acceptors (Lipinski definition) is 4. The molecule has 0 aliphatic heterocycles. The Morgan fingerprint density at radius 2 is 1.12 bits per heavy atom. The van der Waals surface area contributed by atoms with Crippen molar-refractivity contribution in [1.29, 1.82) is 0 Å². The van der Waals surface area contributed by atoms with Crippen molar-refractivity contribution >= 4 is 12.7 Å². The zero-order valence-electron chi connectivity index (χ0n) is 20.1. The summed E-state index contributed by atoms with van der Waals surface area (Å²) in [5, 5.41) is 26.2. The number of nitrogens with zero attached hydrogens (tertiary/aromatic N) is 2. The molecule has 0 saturated heterocycles. The summed E-state index contributed by atoms with van der Waals surface area (Å²) in [7, 11) is -1.30. The van der Waals surface area contributed by atoms with Crippen LogP contribution in [0, 0.1) is 0 Å². The lowest BCUT2D eigenvalue weighted by Crippen LogP contribution is -2.53. The Bertz CT molecular complexity index is 1110. The van der Waals surface area contributed by atoms with Gasteiger partial charge in [-0.05, 0) is 50.5 Å². The standard InChI is InChI=1S/C28H31BN2O3/c1-26(2,32)27(3,4)34-29(33)25-20-21-31(30-25)28(22-14-8-5-9-15-22,23-16-10-6-11-17-23)24-18-12-7-13-19-24/h5-21,32-33H,1-4H3. The molecule has 0 radical (unpaired) electrons. The van der Waals surface area contributed by atoms with E-state index in [1.165, 1.54) is 0 Å². The number of rotatable bonds is 8. The van der Waals surface area contributed by atoms with Gasteiger partial charge in [-0.25, -0.2) is 0 Å². The molecule has 0 aliphatic carbocycles. The highest BCUT2D eigenvalue weighted by atomic mass is 16.5. The molecule has 1 aromatic heterocycles. The Labute approximate surface area is 201 Å². The fourth-order valence-corrected chi connectivity index (χ4v) is 4.08. The van der Waals surface area contributed by atoms with Crippen LogP contribution < -0.4 is 5.59 Å². The molecule has 0 spiro atoms. The second-order valence-corrected chi connectivity index (χ2v) is 9.53. The molecule has 0 amide bonds. The van der Waals surface area contributed by atoms with Crippen molar-refractivity contribution in [2.45, 2.75) is 44.4 Å². The van der Waals surface area contributed by atoms with Gasteiger partial charge in [-0.15, -0.1) is 0 Å². The van der Waals surface area contributed by atoms with Crippen molar-refractivity contribution in [2.24, 2.45) is 0 Å². The fraction of sp³-hybridized carbons (Fsp3) is 0.250. The zero-order valence-corrected chi connectivity index (χ0v) is 20.1. The van der Waals surface area contributed by atoms with Crippen LogP contribution in [0.3, 0.4) is 0 Å². The van der Waals surface area contributed by atoms with E-state index in [1.807, 2.05) is 65.5 Å². The van der Waals surface area contributed by atoms with E-state index in [4.69, 9.17) is 9.75 Å². The van der Waals surface area contributed by atoms with Gasteiger partial charge in [0.2, 0.25) is 0 Å². The van der Waals surface area contributed by atoms with E-state index in [0.29, 0.717) is 5.59 Å². The molecule has 34 heavy (non-hydrogen) atoms. The van der Waals surface area contributed by atoms with Crippen LogP contribution in [0.25, 0.3) is 0 Å². The third-order valence-electron chi connectivity index (χ3n) is 6.66. The van der Waals surface area contributed by atoms with Gasteiger partial charge < -0.3 is 14.8 Å². The minimum Gasteiger partial charge on any atom is -0.422 e. The Kier molecular flexibility index (Phi) is 6.50. The monoisotopic (exact) mass is 454 g/mol. The van der Waals surface area contributed by atoms with Gasteiger partial charge in [0.1, 0.15) is 5.54 Å². The maximum absolute atomic E-state index is 10.9. The van der Waals surface area contributed by atoms with Gasteiger partial charge in [-0.2, -0.15) is 5.10 Å². The molecule has 0 unspecified atom stereocenters. The quantitative estimate of drug-likeness (QED) is 0.312. The van der Waals surface area contributed by atoms with Gasteiger partial charge in [0.15, 0.2) is 0 Å². The first-order valence-electron chi connectivity index (χ1n) is 11.5. The van der Waals surface area contributed by atoms with Crippen molar-refractivity contribution in [3.05, 3.63) is 120 Å². The van der Waals surface area contributed by atoms with Crippen LogP contribution in [-0.2, 0) is 10.2 Å². The van der Waals surface area contributed by atoms with E-state index >= 15 is 0 Å². The van der Waals surface area contributed by atoms with E-state index in [2.05, 4.69) is 36.4 Å². The van der Waals surface area contributed by atoms with Crippen LogP contribution in [0.2, 0.25) is 0 Å². The number of aliphatic hydroxyl groups is 1. The Morgan fingerprint density at radius 3 is 1.50 bits per heavy atom. The third kappa shape index (κ3) is 4.32. The predicted molar refractivity (Wildman–Crippen MR) is 136 cm³/mol. The average molecular weight is 454 g/mol. The molecule has 0 aliphatic rings. The van der Waals surface area contributed by atoms with Gasteiger partial charge in [0, 0.05) is 6.20 Å². The molecule has 2 N–H and O–H groups in total. The molecule has 0 bridgehead atoms. The van der Waals surface area contributed by atoms with E-state index in [-0.39, 0.29) is 0 Å². The van der Waals surface area contributed by atoms with Gasteiger partial charge in [0.05, 0.1) is 16.8 Å². The summed E-state index contributed by atoms with van der Waals surface area (Å²) < 4.78 is 7.74. The van der Waals surface area contributed by atoms with Crippen LogP contribution in [0.5, 0.6) is 0 Å². The summed E-state index contributed by atoms with van der Waals surface area (Å²) in [4.78, 5) is 0. The number of benzene rings is 3. The largest absolute Gasteiger partial charge is 0.513 e. The number of hydrogen-bond donors (Lipinski definition) is 2. The van der Waals surface area contributed by atoms with Gasteiger partial charge in [-0.3, -0.25) is 4.68 Å². The highest BCUT2D eigenvalue weighted by molar-refractivity contribution is 6.59. The Hall–Kier alpha value is -3.19. The fourth-order valence-electron chi connectivity index (χ4n) is 4.08. The minimum atomic E-state index is -1.30. The van der Waals surface area contributed by atoms with Crippen LogP contribution in [-0.4, -0.2) is 38.2 Å². The highest BCUT2D eigenvalue weighted by Gasteiger charge is 2.42. The molecule has 5 nitrogen and oxygen atoms in total. The summed E-state index contributed by atoms with van der Waals surface area (Å²) in [5.41, 5.74) is 0.555. The molecular formula is C28H31BN2O3. The second kappa shape index (κ2) is 9.22. The van der Waals surface area contributed by atoms with Crippen LogP contribution >= 0.6 is 0 Å². The first-order valence-corrected chi connectivity index (χ1v) is 11.5. The molecule has 0 fully saturated rings. The van der Waals surface area contributed by atoms with Crippen LogP contribution in [0.1, 0.15) is 44.4 Å². The van der Waals surface area contributed by atoms with Gasteiger partial charge >= 0.3 is 7.12 Å². The lowest BCUT2D eigenvalue weighted by Gasteiger charge is -2.38. The molecule has 1 heterocycles. The van der Waals surface area contributed by atoms with Crippen molar-refractivity contribution in [3.8, 4) is 0 Å². The highest BCUT2D eigenvalue weighted by Crippen LogP contribution is 2.40. The van der Waals surface area contributed by atoms with E-state index in [1.54, 1.807) is 33.8 Å². The topological polar surface area (TPSA) is 67.5 Å². The molecule has 174 valence electrons. The first-order chi connectivity index (χ1) is 16.2. The molecule has 0 saturated carbocycles. The number of aromatic nitrogens is 2. The predicted octanol–water partition coefficient (Wildman–Crippen LogP) is 3.98. The van der Waals surface area contributed by atoms with Crippen molar-refractivity contribution in [2.75, 3.05) is 0 Å². The molecule has 6 heteroatoms. The van der Waals surface area contributed by atoms with Crippen molar-refractivity contribution < 1.29 is 14.8 Å². The third-order valence-corrected chi connectivity index (χ3v) is 6.66. The average Bonchev–Trinajstić information content (AvgIpc) is 3.32. The van der Waals surface area contributed by atoms with Crippen LogP contribution in [0.15, 0.2) is 103 Å². The van der Waals surface area contributed by atoms with Gasteiger partial charge in [-0.1, -0.05) is 91.0 Å². The zero-order chi connectivity index (χ0) is 24.4. The molecule has 0 atom stereocenters. The first kappa shape index (κ1) is 24.0. The summed E-state index contributed by atoms with van der Waals surface area (Å²) in [6, 6.07) is 32.4. The van der Waals surface area contributed by atoms with Gasteiger partial charge in [0.25, 0.3) is 0 Å². The maximum atomic E-state index is 10.9. The molecular weight excluding hydrogens is 423 g/mol. The molecule has 4 aromatic rings. The Morgan fingerprint density at radius 1 is 0.706 bits per heavy atom. The summed E-state index contributed by atoms with van der Waals surface area (Å²) in [6.45, 7) is 6.80. The maximum Gasteiger partial charge on any atom is 0.513 e. The normalized spacial score (nSPS) is 12.5. The lowest BCUT2D eigenvalue weighted by molar-refractivity contribution is -0.0983. The van der Waals surface area contributed by atoms with E-state index in [0.717, 1.165) is 16.7 Å². The smallest absolute Gasteiger partial charge is 0.422 e. The second-order valence-electron chi connectivity index (χ2n) is 9.53. The van der Waals surface area contributed by atoms with Crippen LogP contribution in [0.4, 0.5) is 0 Å². The molecule has 4 rings (SSSR count). The summed E-state index contributed by atoms with van der Waals surface area (Å²) in [5.74, 6) is 0. The summed E-state index contributed by atoms with van der Waals surface area (Å²) >= 11 is 0. The minimum absolute atomic E-state index is 0.365. The lowest BCUT2D eigenvalue weighted by atomic mass is 9.77. The molecule has 3 aromatic carbocycles. The van der Waals surface area contributed by atoms with Crippen molar-refractivity contribution in [3.63, 3.8) is 0 Å². The van der Waals surface area contributed by atoms with E-state index < -0.39 is 23.9 Å². The summed E-state index contributed by atoms with van der Waals surface area (Å²) in [6.07, 6.45) is 1.87. The van der Waals surface area contributed by atoms with Crippen molar-refractivity contribution in [1.82, 2.24) is 9.78 Å².